The van der Waals surface area contributed by atoms with Gasteiger partial charge in [0.1, 0.15) is 29.1 Å². The van der Waals surface area contributed by atoms with Crippen molar-refractivity contribution >= 4 is 68.1 Å². The molecular formula is C12H16B3ClN2O. The van der Waals surface area contributed by atoms with Gasteiger partial charge in [0.25, 0.3) is 0 Å². The van der Waals surface area contributed by atoms with Gasteiger partial charge in [-0.2, -0.15) is 0 Å². The summed E-state index contributed by atoms with van der Waals surface area (Å²) >= 11 is 6.33. The maximum atomic E-state index is 10.1. The summed E-state index contributed by atoms with van der Waals surface area (Å²) < 4.78 is 0. The first-order valence-corrected chi connectivity index (χ1v) is 6.60. The molecule has 0 aliphatic rings. The van der Waals surface area contributed by atoms with Crippen LogP contribution in [-0.4, -0.2) is 33.6 Å². The molecule has 19 heavy (non-hydrogen) atoms. The maximum Gasteiger partial charge on any atom is 0.142 e. The van der Waals surface area contributed by atoms with E-state index in [2.05, 4.69) is 4.98 Å². The van der Waals surface area contributed by atoms with Gasteiger partial charge in [-0.1, -0.05) is 28.0 Å². The molecule has 0 spiro atoms. The van der Waals surface area contributed by atoms with Crippen LogP contribution in [0.2, 0.25) is 5.02 Å². The number of anilines is 1. The minimum Gasteiger partial charge on any atom is -0.397 e. The fourth-order valence-corrected chi connectivity index (χ4v) is 2.58. The highest BCUT2D eigenvalue weighted by Crippen LogP contribution is 2.26. The normalized spacial score (nSPS) is 12.0. The van der Waals surface area contributed by atoms with Crippen LogP contribution in [0, 0.1) is 0 Å². The van der Waals surface area contributed by atoms with Crippen LogP contribution in [0.4, 0.5) is 5.69 Å². The van der Waals surface area contributed by atoms with E-state index in [9.17, 15) is 5.11 Å². The second-order valence-electron chi connectivity index (χ2n) is 5.57. The Hall–Kier alpha value is -1.13. The molecule has 0 amide bonds. The number of nitrogens with two attached hydrogens (primary N) is 1. The van der Waals surface area contributed by atoms with E-state index in [0.717, 1.165) is 32.3 Å². The quantitative estimate of drug-likeness (QED) is 0.563. The number of fused-ring (bicyclic) bond motifs is 1. The van der Waals surface area contributed by atoms with Gasteiger partial charge in [-0.3, -0.25) is 0 Å². The van der Waals surface area contributed by atoms with Crippen LogP contribution in [0.3, 0.4) is 0 Å². The molecule has 0 aliphatic heterocycles. The number of hydrogen-bond acceptors (Lipinski definition) is 3. The molecule has 0 unspecified atom stereocenters. The van der Waals surface area contributed by atoms with Crippen LogP contribution in [0.5, 0.6) is 0 Å². The highest BCUT2D eigenvalue weighted by Gasteiger charge is 2.23. The summed E-state index contributed by atoms with van der Waals surface area (Å²) in [5.74, 6) is 0. The Kier molecular flexibility index (Phi) is 3.35. The van der Waals surface area contributed by atoms with E-state index in [1.807, 2.05) is 29.6 Å². The minimum absolute atomic E-state index is 0.488. The van der Waals surface area contributed by atoms with Gasteiger partial charge in [0, 0.05) is 5.02 Å². The summed E-state index contributed by atoms with van der Waals surface area (Å²) in [6.45, 7) is 3.37. The number of aromatic nitrogens is 1. The summed E-state index contributed by atoms with van der Waals surface area (Å²) in [6.07, 6.45) is 0. The lowest BCUT2D eigenvalue weighted by Crippen LogP contribution is -2.34. The number of benzene rings is 1. The van der Waals surface area contributed by atoms with Crippen LogP contribution in [0.15, 0.2) is 6.07 Å². The standard InChI is InChI=1S/C12H16B3ClN2O/c1-12(2,19)11-5(17)3-4-6(13)9(16)7(14)8(15)10(4)18-11/h3,19H,13-15,17H2,1-2H3. The molecule has 0 saturated carbocycles. The summed E-state index contributed by atoms with van der Waals surface area (Å²) in [5, 5.41) is 11.8. The summed E-state index contributed by atoms with van der Waals surface area (Å²) in [5.41, 5.74) is 9.81. The number of nitrogens with zero attached hydrogens (tertiary/aromatic N) is 1. The highest BCUT2D eigenvalue weighted by molar-refractivity contribution is 6.63. The van der Waals surface area contributed by atoms with Gasteiger partial charge in [-0.15, -0.1) is 0 Å². The summed E-state index contributed by atoms with van der Waals surface area (Å²) in [7, 11) is 5.92. The van der Waals surface area contributed by atoms with Crippen molar-refractivity contribution in [2.75, 3.05) is 5.73 Å². The molecule has 2 aromatic rings. The number of rotatable bonds is 1. The molecule has 0 radical (unpaired) electrons. The average Bonchev–Trinajstić information content (AvgIpc) is 2.31. The Bertz CT molecular complexity index is 683. The van der Waals surface area contributed by atoms with Crippen molar-refractivity contribution in [2.45, 2.75) is 19.4 Å². The number of nitrogen functional groups attached to an aromatic ring is 1. The second-order valence-corrected chi connectivity index (χ2v) is 5.95. The zero-order valence-corrected chi connectivity index (χ0v) is 12.7. The fourth-order valence-electron chi connectivity index (χ4n) is 2.33. The van der Waals surface area contributed by atoms with Gasteiger partial charge >= 0.3 is 0 Å². The van der Waals surface area contributed by atoms with Crippen LogP contribution in [-0.2, 0) is 5.60 Å². The van der Waals surface area contributed by atoms with Gasteiger partial charge in [0.05, 0.1) is 16.9 Å². The van der Waals surface area contributed by atoms with Gasteiger partial charge in [0.2, 0.25) is 0 Å². The van der Waals surface area contributed by atoms with Crippen LogP contribution in [0.1, 0.15) is 19.5 Å². The lowest BCUT2D eigenvalue weighted by molar-refractivity contribution is 0.0751. The monoisotopic (exact) mass is 272 g/mol. The van der Waals surface area contributed by atoms with E-state index in [1.165, 1.54) is 0 Å². The van der Waals surface area contributed by atoms with Crippen molar-refractivity contribution in [3.63, 3.8) is 0 Å². The predicted molar refractivity (Wildman–Crippen MR) is 90.9 cm³/mol. The van der Waals surface area contributed by atoms with Crippen molar-refractivity contribution < 1.29 is 5.11 Å². The Labute approximate surface area is 120 Å². The number of halogens is 1. The van der Waals surface area contributed by atoms with E-state index < -0.39 is 5.60 Å². The van der Waals surface area contributed by atoms with Gasteiger partial charge < -0.3 is 10.8 Å². The van der Waals surface area contributed by atoms with Crippen LogP contribution >= 0.6 is 11.6 Å². The van der Waals surface area contributed by atoms with Crippen molar-refractivity contribution in [1.82, 2.24) is 4.98 Å². The Morgan fingerprint density at radius 1 is 1.21 bits per heavy atom. The average molecular weight is 272 g/mol. The fraction of sp³-hybridized carbons (Fsp3) is 0.250. The second kappa shape index (κ2) is 4.46. The maximum absolute atomic E-state index is 10.1. The third-order valence-corrected chi connectivity index (χ3v) is 4.18. The highest BCUT2D eigenvalue weighted by atomic mass is 35.5. The van der Waals surface area contributed by atoms with Crippen molar-refractivity contribution in [1.29, 1.82) is 0 Å². The topological polar surface area (TPSA) is 59.1 Å². The SMILES string of the molecule is Bc1c(Cl)c(B)c2cc(N)c(C(C)(C)O)nc2c1B. The van der Waals surface area contributed by atoms with Gasteiger partial charge in [0.15, 0.2) is 0 Å². The van der Waals surface area contributed by atoms with Crippen molar-refractivity contribution in [3.8, 4) is 0 Å². The Balaban J connectivity index is 2.95. The lowest BCUT2D eigenvalue weighted by atomic mass is 9.74. The van der Waals surface area contributed by atoms with Crippen molar-refractivity contribution in [3.05, 3.63) is 16.8 Å². The number of aliphatic hydroxyl groups is 1. The molecular weight excluding hydrogens is 256 g/mol. The molecule has 0 saturated heterocycles. The van der Waals surface area contributed by atoms with Crippen LogP contribution in [0.25, 0.3) is 10.9 Å². The van der Waals surface area contributed by atoms with E-state index in [0.29, 0.717) is 11.4 Å². The molecule has 3 N–H and O–H groups in total. The van der Waals surface area contributed by atoms with E-state index in [4.69, 9.17) is 17.3 Å². The summed E-state index contributed by atoms with van der Waals surface area (Å²) in [6, 6.07) is 1.85. The van der Waals surface area contributed by atoms with E-state index in [1.54, 1.807) is 13.8 Å². The third-order valence-electron chi connectivity index (χ3n) is 3.61. The molecule has 0 aliphatic carbocycles. The molecule has 0 fully saturated rings. The van der Waals surface area contributed by atoms with Crippen LogP contribution < -0.4 is 22.1 Å². The first-order chi connectivity index (χ1) is 8.64. The van der Waals surface area contributed by atoms with Gasteiger partial charge in [-0.05, 0) is 25.3 Å². The molecule has 0 atom stereocenters. The zero-order valence-electron chi connectivity index (χ0n) is 11.9. The molecule has 0 bridgehead atoms. The zero-order chi connectivity index (χ0) is 14.5. The molecule has 1 aromatic carbocycles. The molecule has 96 valence electrons. The number of pyridine rings is 1. The largest absolute Gasteiger partial charge is 0.397 e. The Morgan fingerprint density at radius 3 is 2.32 bits per heavy atom. The molecule has 3 nitrogen and oxygen atoms in total. The predicted octanol–water partition coefficient (Wildman–Crippen LogP) is -2.53. The molecule has 2 rings (SSSR count). The number of hydrogen-bond donors (Lipinski definition) is 2. The minimum atomic E-state index is -1.06. The van der Waals surface area contributed by atoms with Gasteiger partial charge in [-0.25, -0.2) is 4.98 Å². The first-order valence-electron chi connectivity index (χ1n) is 6.23. The lowest BCUT2D eigenvalue weighted by Gasteiger charge is -2.21. The molecule has 1 heterocycles. The Morgan fingerprint density at radius 2 is 1.79 bits per heavy atom. The smallest absolute Gasteiger partial charge is 0.142 e. The van der Waals surface area contributed by atoms with E-state index in [-0.39, 0.29) is 0 Å². The summed E-state index contributed by atoms with van der Waals surface area (Å²) in [4.78, 5) is 4.57. The molecule has 7 heteroatoms. The first kappa shape index (κ1) is 14.3. The third kappa shape index (κ3) is 2.23. The molecule has 1 aromatic heterocycles. The van der Waals surface area contributed by atoms with E-state index >= 15 is 0 Å². The van der Waals surface area contributed by atoms with Crippen molar-refractivity contribution in [2.24, 2.45) is 0 Å².